The Morgan fingerprint density at radius 3 is 2.62 bits per heavy atom. The van der Waals surface area contributed by atoms with E-state index in [1.165, 1.54) is 6.07 Å². The first kappa shape index (κ1) is 13.7. The van der Waals surface area contributed by atoms with E-state index in [0.29, 0.717) is 11.4 Å². The number of nitrogens with zero attached hydrogens (tertiary/aromatic N) is 1. The van der Waals surface area contributed by atoms with Crippen LogP contribution in [-0.4, -0.2) is 22.7 Å². The van der Waals surface area contributed by atoms with Gasteiger partial charge >= 0.3 is 5.97 Å². The van der Waals surface area contributed by atoms with Gasteiger partial charge in [-0.05, 0) is 23.8 Å². The predicted molar refractivity (Wildman–Crippen MR) is 82.5 cm³/mol. The SMILES string of the molecule is O=C(O)c1cccc(N2C(=O)CS[C@@H]2c2ccccc2)c1. The van der Waals surface area contributed by atoms with E-state index in [1.54, 1.807) is 34.9 Å². The van der Waals surface area contributed by atoms with E-state index < -0.39 is 5.97 Å². The van der Waals surface area contributed by atoms with Crippen LogP contribution in [-0.2, 0) is 4.79 Å². The summed E-state index contributed by atoms with van der Waals surface area (Å²) >= 11 is 1.55. The fourth-order valence-electron chi connectivity index (χ4n) is 2.36. The second kappa shape index (κ2) is 5.61. The van der Waals surface area contributed by atoms with Crippen LogP contribution in [0.3, 0.4) is 0 Å². The van der Waals surface area contributed by atoms with Gasteiger partial charge in [-0.1, -0.05) is 36.4 Å². The predicted octanol–water partition coefficient (Wildman–Crippen LogP) is 3.16. The highest BCUT2D eigenvalue weighted by Gasteiger charge is 2.34. The molecule has 1 aliphatic heterocycles. The quantitative estimate of drug-likeness (QED) is 0.946. The molecule has 0 radical (unpaired) electrons. The molecule has 3 rings (SSSR count). The molecule has 1 N–H and O–H groups in total. The van der Waals surface area contributed by atoms with Gasteiger partial charge in [0.2, 0.25) is 5.91 Å². The van der Waals surface area contributed by atoms with Crippen molar-refractivity contribution >= 4 is 29.3 Å². The summed E-state index contributed by atoms with van der Waals surface area (Å²) in [5.74, 6) is -0.597. The van der Waals surface area contributed by atoms with Crippen LogP contribution in [0.2, 0.25) is 0 Å². The number of carboxylic acid groups (broad SMARTS) is 1. The number of hydrogen-bond donors (Lipinski definition) is 1. The second-order valence-corrected chi connectivity index (χ2v) is 5.76. The topological polar surface area (TPSA) is 57.6 Å². The van der Waals surface area contributed by atoms with Crippen LogP contribution in [0.1, 0.15) is 21.3 Å². The number of carbonyl (C=O) groups is 2. The van der Waals surface area contributed by atoms with E-state index in [1.807, 2.05) is 30.3 Å². The maximum atomic E-state index is 12.2. The molecule has 0 bridgehead atoms. The lowest BCUT2D eigenvalue weighted by molar-refractivity contribution is -0.115. The van der Waals surface area contributed by atoms with Crippen molar-refractivity contribution < 1.29 is 14.7 Å². The molecule has 21 heavy (non-hydrogen) atoms. The molecule has 0 aliphatic carbocycles. The van der Waals surface area contributed by atoms with Gasteiger partial charge < -0.3 is 5.11 Å². The van der Waals surface area contributed by atoms with Crippen molar-refractivity contribution in [3.8, 4) is 0 Å². The van der Waals surface area contributed by atoms with Gasteiger partial charge in [-0.15, -0.1) is 11.8 Å². The Kier molecular flexibility index (Phi) is 3.66. The highest BCUT2D eigenvalue weighted by molar-refractivity contribution is 8.00. The molecular formula is C16H13NO3S. The summed E-state index contributed by atoms with van der Waals surface area (Å²) < 4.78 is 0. The van der Waals surface area contributed by atoms with Crippen molar-refractivity contribution in [3.63, 3.8) is 0 Å². The van der Waals surface area contributed by atoms with Gasteiger partial charge in [0.25, 0.3) is 0 Å². The fourth-order valence-corrected chi connectivity index (χ4v) is 3.53. The smallest absolute Gasteiger partial charge is 0.335 e. The summed E-state index contributed by atoms with van der Waals surface area (Å²) in [6, 6.07) is 16.3. The molecule has 1 amide bonds. The third kappa shape index (κ3) is 2.64. The number of carboxylic acids is 1. The summed E-state index contributed by atoms with van der Waals surface area (Å²) in [5, 5.41) is 8.98. The average Bonchev–Trinajstić information content (AvgIpc) is 2.90. The Hall–Kier alpha value is -2.27. The summed E-state index contributed by atoms with van der Waals surface area (Å²) in [4.78, 5) is 25.0. The number of anilines is 1. The Morgan fingerprint density at radius 1 is 1.14 bits per heavy atom. The third-order valence-corrected chi connectivity index (χ3v) is 4.54. The Morgan fingerprint density at radius 2 is 1.90 bits per heavy atom. The standard InChI is InChI=1S/C16H13NO3S/c18-14-10-21-15(11-5-2-1-3-6-11)17(14)13-8-4-7-12(9-13)16(19)20/h1-9,15H,10H2,(H,19,20)/t15-/m1/s1. The molecule has 0 aromatic heterocycles. The van der Waals surface area contributed by atoms with Gasteiger partial charge in [0, 0.05) is 5.69 Å². The molecule has 2 aromatic rings. The Labute approximate surface area is 126 Å². The molecular weight excluding hydrogens is 286 g/mol. The first-order chi connectivity index (χ1) is 10.2. The minimum atomic E-state index is -0.993. The van der Waals surface area contributed by atoms with Crippen molar-refractivity contribution in [3.05, 3.63) is 65.7 Å². The van der Waals surface area contributed by atoms with Crippen molar-refractivity contribution in [2.24, 2.45) is 0 Å². The molecule has 2 aromatic carbocycles. The van der Waals surface area contributed by atoms with Crippen molar-refractivity contribution in [1.29, 1.82) is 0 Å². The van der Waals surface area contributed by atoms with E-state index in [0.717, 1.165) is 5.56 Å². The van der Waals surface area contributed by atoms with E-state index in [4.69, 9.17) is 5.11 Å². The van der Waals surface area contributed by atoms with Gasteiger partial charge in [0.05, 0.1) is 11.3 Å². The highest BCUT2D eigenvalue weighted by Crippen LogP contribution is 2.41. The lowest BCUT2D eigenvalue weighted by Gasteiger charge is -2.24. The number of carbonyl (C=O) groups excluding carboxylic acids is 1. The molecule has 5 heteroatoms. The van der Waals surface area contributed by atoms with Crippen molar-refractivity contribution in [1.82, 2.24) is 0 Å². The van der Waals surface area contributed by atoms with Crippen molar-refractivity contribution in [2.45, 2.75) is 5.37 Å². The van der Waals surface area contributed by atoms with Gasteiger partial charge in [0.1, 0.15) is 5.37 Å². The number of aromatic carboxylic acids is 1. The van der Waals surface area contributed by atoms with E-state index in [2.05, 4.69) is 0 Å². The summed E-state index contributed by atoms with van der Waals surface area (Å²) in [7, 11) is 0. The van der Waals surface area contributed by atoms with E-state index in [-0.39, 0.29) is 16.8 Å². The minimum Gasteiger partial charge on any atom is -0.478 e. The van der Waals surface area contributed by atoms with Gasteiger partial charge in [0.15, 0.2) is 0 Å². The van der Waals surface area contributed by atoms with Gasteiger partial charge in [-0.25, -0.2) is 4.79 Å². The first-order valence-corrected chi connectivity index (χ1v) is 7.53. The van der Waals surface area contributed by atoms with Crippen LogP contribution in [0, 0.1) is 0 Å². The van der Waals surface area contributed by atoms with Crippen LogP contribution in [0.25, 0.3) is 0 Å². The number of rotatable bonds is 3. The first-order valence-electron chi connectivity index (χ1n) is 6.49. The second-order valence-electron chi connectivity index (χ2n) is 4.69. The van der Waals surface area contributed by atoms with Gasteiger partial charge in [-0.2, -0.15) is 0 Å². The van der Waals surface area contributed by atoms with Crippen LogP contribution in [0.15, 0.2) is 54.6 Å². The van der Waals surface area contributed by atoms with Crippen LogP contribution in [0.4, 0.5) is 5.69 Å². The summed E-state index contributed by atoms with van der Waals surface area (Å²) in [6.07, 6.45) is 0. The highest BCUT2D eigenvalue weighted by atomic mass is 32.2. The number of thioether (sulfide) groups is 1. The molecule has 1 atom stereocenters. The number of amides is 1. The molecule has 4 nitrogen and oxygen atoms in total. The maximum Gasteiger partial charge on any atom is 0.335 e. The molecule has 0 saturated carbocycles. The van der Waals surface area contributed by atoms with E-state index >= 15 is 0 Å². The van der Waals surface area contributed by atoms with Gasteiger partial charge in [-0.3, -0.25) is 9.69 Å². The minimum absolute atomic E-state index is 0.00334. The monoisotopic (exact) mass is 299 g/mol. The normalized spacial score (nSPS) is 18.0. The molecule has 0 unspecified atom stereocenters. The molecule has 1 aliphatic rings. The largest absolute Gasteiger partial charge is 0.478 e. The number of benzene rings is 2. The van der Waals surface area contributed by atoms with Crippen LogP contribution in [0.5, 0.6) is 0 Å². The molecule has 106 valence electrons. The third-order valence-electron chi connectivity index (χ3n) is 3.32. The lowest BCUT2D eigenvalue weighted by Crippen LogP contribution is -2.27. The number of hydrogen-bond acceptors (Lipinski definition) is 3. The molecule has 1 saturated heterocycles. The summed E-state index contributed by atoms with van der Waals surface area (Å²) in [5.41, 5.74) is 1.84. The molecule has 1 fully saturated rings. The fraction of sp³-hybridized carbons (Fsp3) is 0.125. The maximum absolute atomic E-state index is 12.2. The average molecular weight is 299 g/mol. The van der Waals surface area contributed by atoms with Crippen LogP contribution >= 0.6 is 11.8 Å². The molecule has 1 heterocycles. The van der Waals surface area contributed by atoms with Crippen LogP contribution < -0.4 is 4.90 Å². The zero-order valence-electron chi connectivity index (χ0n) is 11.1. The van der Waals surface area contributed by atoms with Crippen molar-refractivity contribution in [2.75, 3.05) is 10.7 Å². The Bertz CT molecular complexity index is 687. The zero-order valence-corrected chi connectivity index (χ0v) is 11.9. The zero-order chi connectivity index (χ0) is 14.8. The Balaban J connectivity index is 2.00. The molecule has 0 spiro atoms. The van der Waals surface area contributed by atoms with E-state index in [9.17, 15) is 9.59 Å². The summed E-state index contributed by atoms with van der Waals surface area (Å²) in [6.45, 7) is 0. The lowest BCUT2D eigenvalue weighted by atomic mass is 10.1.